The number of Topliss-reactive ketones (excluding diaryl/α,β-unsaturated/α-hetero) is 1. The third-order valence-electron chi connectivity index (χ3n) is 3.50. The predicted molar refractivity (Wildman–Crippen MR) is 70.5 cm³/mol. The van der Waals surface area contributed by atoms with Crippen LogP contribution in [-0.4, -0.2) is 17.2 Å². The first-order chi connectivity index (χ1) is 8.51. The quantitative estimate of drug-likeness (QED) is 0.802. The van der Waals surface area contributed by atoms with Gasteiger partial charge in [-0.15, -0.1) is 0 Å². The van der Waals surface area contributed by atoms with Gasteiger partial charge in [-0.3, -0.25) is 9.59 Å². The average molecular weight is 246 g/mol. The van der Waals surface area contributed by atoms with Crippen LogP contribution in [0.1, 0.15) is 43.0 Å². The lowest BCUT2D eigenvalue weighted by Gasteiger charge is -2.22. The summed E-state index contributed by atoms with van der Waals surface area (Å²) in [6.45, 7) is 1.51. The highest BCUT2D eigenvalue weighted by molar-refractivity contribution is 5.99. The van der Waals surface area contributed by atoms with Gasteiger partial charge >= 0.3 is 0 Å². The molecule has 0 radical (unpaired) electrons. The van der Waals surface area contributed by atoms with Crippen LogP contribution < -0.4 is 11.1 Å². The van der Waals surface area contributed by atoms with Gasteiger partial charge in [-0.1, -0.05) is 12.8 Å². The molecule has 1 aromatic rings. The topological polar surface area (TPSA) is 72.2 Å². The Morgan fingerprint density at radius 1 is 1.17 bits per heavy atom. The maximum absolute atomic E-state index is 12.1. The fourth-order valence-corrected chi connectivity index (χ4v) is 2.28. The molecule has 0 heterocycles. The molecule has 2 rings (SSSR count). The van der Waals surface area contributed by atoms with Crippen molar-refractivity contribution in [2.24, 2.45) is 5.73 Å². The first-order valence-electron chi connectivity index (χ1n) is 6.23. The third kappa shape index (κ3) is 2.59. The number of hydrogen-bond acceptors (Lipinski definition) is 3. The highest BCUT2D eigenvalue weighted by Gasteiger charge is 2.36. The fraction of sp³-hybridized carbons (Fsp3) is 0.429. The Labute approximate surface area is 107 Å². The lowest BCUT2D eigenvalue weighted by atomic mass is 9.98. The molecule has 0 spiro atoms. The van der Waals surface area contributed by atoms with Gasteiger partial charge in [0.05, 0.1) is 5.54 Å². The van der Waals surface area contributed by atoms with Crippen LogP contribution in [0.15, 0.2) is 24.3 Å². The van der Waals surface area contributed by atoms with E-state index in [0.29, 0.717) is 11.3 Å². The van der Waals surface area contributed by atoms with Gasteiger partial charge in [0, 0.05) is 11.3 Å². The maximum atomic E-state index is 12.1. The number of hydrogen-bond donors (Lipinski definition) is 2. The number of carbonyl (C=O) groups excluding carboxylic acids is 2. The molecule has 1 fully saturated rings. The SMILES string of the molecule is CC(=O)c1ccc(NC(=O)C2(N)CCCC2)cc1. The number of nitrogens with one attached hydrogen (secondary N) is 1. The van der Waals surface area contributed by atoms with E-state index in [2.05, 4.69) is 5.32 Å². The molecular weight excluding hydrogens is 228 g/mol. The summed E-state index contributed by atoms with van der Waals surface area (Å²) in [6, 6.07) is 6.87. The first-order valence-corrected chi connectivity index (χ1v) is 6.23. The largest absolute Gasteiger partial charge is 0.324 e. The Kier molecular flexibility index (Phi) is 3.48. The smallest absolute Gasteiger partial charge is 0.244 e. The molecule has 4 heteroatoms. The molecule has 18 heavy (non-hydrogen) atoms. The summed E-state index contributed by atoms with van der Waals surface area (Å²) in [6.07, 6.45) is 3.50. The van der Waals surface area contributed by atoms with Crippen LogP contribution in [0.25, 0.3) is 0 Å². The summed E-state index contributed by atoms with van der Waals surface area (Å²) in [7, 11) is 0. The van der Waals surface area contributed by atoms with Crippen LogP contribution in [0, 0.1) is 0 Å². The lowest BCUT2D eigenvalue weighted by molar-refractivity contribution is -0.121. The van der Waals surface area contributed by atoms with Gasteiger partial charge in [0.2, 0.25) is 5.91 Å². The predicted octanol–water partition coefficient (Wildman–Crippen LogP) is 2.10. The van der Waals surface area contributed by atoms with Gasteiger partial charge in [-0.2, -0.15) is 0 Å². The summed E-state index contributed by atoms with van der Waals surface area (Å²) in [5, 5.41) is 2.82. The summed E-state index contributed by atoms with van der Waals surface area (Å²) in [5.41, 5.74) is 6.66. The van der Waals surface area contributed by atoms with Gasteiger partial charge < -0.3 is 11.1 Å². The molecule has 96 valence electrons. The molecule has 0 aliphatic heterocycles. The van der Waals surface area contributed by atoms with Crippen molar-refractivity contribution in [3.05, 3.63) is 29.8 Å². The normalized spacial score (nSPS) is 17.4. The van der Waals surface area contributed by atoms with E-state index in [9.17, 15) is 9.59 Å². The summed E-state index contributed by atoms with van der Waals surface area (Å²) in [5.74, 6) is -0.116. The van der Waals surface area contributed by atoms with Gasteiger partial charge in [0.25, 0.3) is 0 Å². The molecule has 1 aliphatic carbocycles. The highest BCUT2D eigenvalue weighted by Crippen LogP contribution is 2.28. The van der Waals surface area contributed by atoms with E-state index in [1.165, 1.54) is 6.92 Å². The van der Waals surface area contributed by atoms with Crippen molar-refractivity contribution in [3.63, 3.8) is 0 Å². The first kappa shape index (κ1) is 12.8. The molecule has 0 aromatic heterocycles. The number of anilines is 1. The molecule has 1 aliphatic rings. The number of nitrogens with two attached hydrogens (primary N) is 1. The van der Waals surface area contributed by atoms with E-state index in [1.807, 2.05) is 0 Å². The molecular formula is C14H18N2O2. The van der Waals surface area contributed by atoms with Crippen molar-refractivity contribution in [2.75, 3.05) is 5.32 Å². The lowest BCUT2D eigenvalue weighted by Crippen LogP contribution is -2.48. The van der Waals surface area contributed by atoms with E-state index in [1.54, 1.807) is 24.3 Å². The zero-order valence-electron chi connectivity index (χ0n) is 10.5. The Morgan fingerprint density at radius 2 is 1.72 bits per heavy atom. The molecule has 1 amide bonds. The Bertz CT molecular complexity index is 459. The van der Waals surface area contributed by atoms with E-state index < -0.39 is 5.54 Å². The molecule has 0 unspecified atom stereocenters. The maximum Gasteiger partial charge on any atom is 0.244 e. The van der Waals surface area contributed by atoms with E-state index in [0.717, 1.165) is 25.7 Å². The minimum atomic E-state index is -0.723. The zero-order chi connectivity index (χ0) is 13.2. The fourth-order valence-electron chi connectivity index (χ4n) is 2.28. The van der Waals surface area contributed by atoms with Crippen molar-refractivity contribution in [3.8, 4) is 0 Å². The number of amides is 1. The standard InChI is InChI=1S/C14H18N2O2/c1-10(17)11-4-6-12(7-5-11)16-13(18)14(15)8-2-3-9-14/h4-7H,2-3,8-9,15H2,1H3,(H,16,18). The zero-order valence-corrected chi connectivity index (χ0v) is 10.5. The summed E-state index contributed by atoms with van der Waals surface area (Å²) < 4.78 is 0. The Morgan fingerprint density at radius 3 is 2.22 bits per heavy atom. The monoisotopic (exact) mass is 246 g/mol. The van der Waals surface area contributed by atoms with Gasteiger partial charge in [-0.05, 0) is 44.0 Å². The van der Waals surface area contributed by atoms with E-state index in [-0.39, 0.29) is 11.7 Å². The average Bonchev–Trinajstić information content (AvgIpc) is 2.78. The van der Waals surface area contributed by atoms with Crippen LogP contribution in [-0.2, 0) is 4.79 Å². The van der Waals surface area contributed by atoms with Crippen molar-refractivity contribution >= 4 is 17.4 Å². The van der Waals surface area contributed by atoms with Gasteiger partial charge in [0.15, 0.2) is 5.78 Å². The minimum Gasteiger partial charge on any atom is -0.324 e. The molecule has 0 saturated heterocycles. The van der Waals surface area contributed by atoms with Crippen LogP contribution in [0.3, 0.4) is 0 Å². The molecule has 3 N–H and O–H groups in total. The Hall–Kier alpha value is -1.68. The van der Waals surface area contributed by atoms with E-state index in [4.69, 9.17) is 5.73 Å². The molecule has 1 aromatic carbocycles. The van der Waals surface area contributed by atoms with Crippen molar-refractivity contribution in [2.45, 2.75) is 38.1 Å². The van der Waals surface area contributed by atoms with Crippen LogP contribution in [0.4, 0.5) is 5.69 Å². The number of carbonyl (C=O) groups is 2. The molecule has 4 nitrogen and oxygen atoms in total. The second kappa shape index (κ2) is 4.90. The van der Waals surface area contributed by atoms with E-state index >= 15 is 0 Å². The van der Waals surface area contributed by atoms with Crippen LogP contribution >= 0.6 is 0 Å². The number of benzene rings is 1. The molecule has 0 atom stereocenters. The van der Waals surface area contributed by atoms with Crippen molar-refractivity contribution in [1.29, 1.82) is 0 Å². The van der Waals surface area contributed by atoms with Gasteiger partial charge in [0.1, 0.15) is 0 Å². The minimum absolute atomic E-state index is 0.0129. The second-order valence-corrected chi connectivity index (χ2v) is 4.95. The molecule has 0 bridgehead atoms. The summed E-state index contributed by atoms with van der Waals surface area (Å²) >= 11 is 0. The van der Waals surface area contributed by atoms with Crippen molar-refractivity contribution in [1.82, 2.24) is 0 Å². The number of ketones is 1. The Balaban J connectivity index is 2.05. The summed E-state index contributed by atoms with van der Waals surface area (Å²) in [4.78, 5) is 23.2. The molecule has 1 saturated carbocycles. The highest BCUT2D eigenvalue weighted by atomic mass is 16.2. The third-order valence-corrected chi connectivity index (χ3v) is 3.50. The number of rotatable bonds is 3. The van der Waals surface area contributed by atoms with Crippen LogP contribution in [0.2, 0.25) is 0 Å². The van der Waals surface area contributed by atoms with Crippen LogP contribution in [0.5, 0.6) is 0 Å². The van der Waals surface area contributed by atoms with Crippen molar-refractivity contribution < 1.29 is 9.59 Å². The second-order valence-electron chi connectivity index (χ2n) is 4.95. The van der Waals surface area contributed by atoms with Gasteiger partial charge in [-0.25, -0.2) is 0 Å².